The average Bonchev–Trinajstić information content (AvgIpc) is 2.76. The zero-order chi connectivity index (χ0) is 22.9. The van der Waals surface area contributed by atoms with Crippen LogP contribution in [0.4, 0.5) is 8.78 Å². The molecule has 1 aliphatic heterocycles. The van der Waals surface area contributed by atoms with Gasteiger partial charge in [0.1, 0.15) is 17.7 Å². The van der Waals surface area contributed by atoms with Crippen molar-refractivity contribution in [1.29, 1.82) is 0 Å². The second-order valence-corrected chi connectivity index (χ2v) is 9.60. The van der Waals surface area contributed by atoms with Gasteiger partial charge in [-0.05, 0) is 57.1 Å². The van der Waals surface area contributed by atoms with Gasteiger partial charge in [0, 0.05) is 18.2 Å². The summed E-state index contributed by atoms with van der Waals surface area (Å²) >= 11 is 5.64. The molecule has 0 spiro atoms. The monoisotopic (exact) mass is 471 g/mol. The van der Waals surface area contributed by atoms with Crippen LogP contribution in [0.3, 0.4) is 0 Å². The maximum atomic E-state index is 13.5. The van der Waals surface area contributed by atoms with Crippen molar-refractivity contribution in [2.24, 2.45) is 0 Å². The molecule has 0 aromatic heterocycles. The SMILES string of the molecule is O=C(COc1ccc(Cl)c(F)c1)NC12CCC(NC(=O)C3CCC(F)CN3)(CC1)CC2O. The Morgan fingerprint density at radius 1 is 1.22 bits per heavy atom. The lowest BCUT2D eigenvalue weighted by molar-refractivity contribution is -0.137. The van der Waals surface area contributed by atoms with Crippen molar-refractivity contribution in [2.45, 2.75) is 74.3 Å². The summed E-state index contributed by atoms with van der Waals surface area (Å²) in [5.74, 6) is -1.02. The number of aliphatic hydroxyl groups is 1. The van der Waals surface area contributed by atoms with E-state index >= 15 is 0 Å². The van der Waals surface area contributed by atoms with Gasteiger partial charge in [0.2, 0.25) is 5.91 Å². The Labute approximate surface area is 190 Å². The van der Waals surface area contributed by atoms with Crippen LogP contribution in [0.5, 0.6) is 5.75 Å². The lowest BCUT2D eigenvalue weighted by Gasteiger charge is -2.56. The van der Waals surface area contributed by atoms with Gasteiger partial charge < -0.3 is 25.8 Å². The molecule has 2 bridgehead atoms. The highest BCUT2D eigenvalue weighted by molar-refractivity contribution is 6.30. The summed E-state index contributed by atoms with van der Waals surface area (Å²) in [6.45, 7) is -0.145. The summed E-state index contributed by atoms with van der Waals surface area (Å²) in [7, 11) is 0. The fourth-order valence-electron chi connectivity index (χ4n) is 5.09. The van der Waals surface area contributed by atoms with Gasteiger partial charge in [-0.2, -0.15) is 0 Å². The molecule has 7 nitrogen and oxygen atoms in total. The fraction of sp³-hybridized carbons (Fsp3) is 0.636. The highest BCUT2D eigenvalue weighted by Gasteiger charge is 2.55. The maximum absolute atomic E-state index is 13.5. The van der Waals surface area contributed by atoms with Gasteiger partial charge in [0.25, 0.3) is 5.91 Å². The summed E-state index contributed by atoms with van der Waals surface area (Å²) in [6.07, 6.45) is 1.67. The van der Waals surface area contributed by atoms with Crippen LogP contribution in [0.2, 0.25) is 5.02 Å². The second-order valence-electron chi connectivity index (χ2n) is 9.19. The third-order valence-corrected chi connectivity index (χ3v) is 7.34. The molecule has 2 amide bonds. The first-order chi connectivity index (χ1) is 15.2. The number of ether oxygens (including phenoxy) is 1. The van der Waals surface area contributed by atoms with Gasteiger partial charge in [0.05, 0.1) is 22.7 Å². The Hall–Kier alpha value is -1.97. The number of nitrogens with one attached hydrogen (secondary N) is 3. The molecular weight excluding hydrogens is 444 g/mol. The van der Waals surface area contributed by atoms with E-state index < -0.39 is 41.1 Å². The van der Waals surface area contributed by atoms with Crippen molar-refractivity contribution in [3.8, 4) is 5.75 Å². The first-order valence-electron chi connectivity index (χ1n) is 11.0. The summed E-state index contributed by atoms with van der Waals surface area (Å²) in [5, 5.41) is 19.7. The summed E-state index contributed by atoms with van der Waals surface area (Å²) in [6, 6.07) is 3.51. The predicted molar refractivity (Wildman–Crippen MR) is 114 cm³/mol. The van der Waals surface area contributed by atoms with Gasteiger partial charge in [-0.1, -0.05) is 11.6 Å². The largest absolute Gasteiger partial charge is 0.484 e. The molecule has 5 rings (SSSR count). The Balaban J connectivity index is 1.30. The molecule has 3 saturated carbocycles. The molecule has 1 heterocycles. The van der Waals surface area contributed by atoms with Gasteiger partial charge in [-0.15, -0.1) is 0 Å². The number of hydrogen-bond acceptors (Lipinski definition) is 5. The van der Waals surface area contributed by atoms with E-state index in [1.165, 1.54) is 12.1 Å². The van der Waals surface area contributed by atoms with E-state index in [9.17, 15) is 23.5 Å². The zero-order valence-corrected chi connectivity index (χ0v) is 18.4. The minimum absolute atomic E-state index is 0.0327. The van der Waals surface area contributed by atoms with Crippen molar-refractivity contribution in [2.75, 3.05) is 13.2 Å². The highest BCUT2D eigenvalue weighted by Crippen LogP contribution is 2.47. The van der Waals surface area contributed by atoms with Gasteiger partial charge in [0.15, 0.2) is 6.61 Å². The second kappa shape index (κ2) is 9.11. The Morgan fingerprint density at radius 3 is 2.59 bits per heavy atom. The van der Waals surface area contributed by atoms with E-state index in [-0.39, 0.29) is 29.8 Å². The van der Waals surface area contributed by atoms with Crippen molar-refractivity contribution < 1.29 is 28.2 Å². The van der Waals surface area contributed by atoms with Gasteiger partial charge in [-0.25, -0.2) is 8.78 Å². The Kier molecular flexibility index (Phi) is 6.61. The molecule has 1 aromatic carbocycles. The van der Waals surface area contributed by atoms with Crippen LogP contribution in [-0.2, 0) is 9.59 Å². The number of piperidine rings is 1. The number of carbonyl (C=O) groups excluding carboxylic acids is 2. The molecule has 3 atom stereocenters. The third kappa shape index (κ3) is 4.84. The zero-order valence-electron chi connectivity index (χ0n) is 17.6. The highest BCUT2D eigenvalue weighted by atomic mass is 35.5. The lowest BCUT2D eigenvalue weighted by Crippen LogP contribution is -2.71. The van der Waals surface area contributed by atoms with Crippen LogP contribution in [0.25, 0.3) is 0 Å². The van der Waals surface area contributed by atoms with Crippen LogP contribution < -0.4 is 20.7 Å². The van der Waals surface area contributed by atoms with Crippen LogP contribution in [0.1, 0.15) is 44.9 Å². The number of benzene rings is 1. The number of alkyl halides is 1. The number of hydrogen-bond donors (Lipinski definition) is 4. The molecule has 1 saturated heterocycles. The average molecular weight is 472 g/mol. The number of amides is 2. The van der Waals surface area contributed by atoms with Crippen LogP contribution in [-0.4, -0.2) is 59.5 Å². The van der Waals surface area contributed by atoms with Crippen molar-refractivity contribution in [3.63, 3.8) is 0 Å². The van der Waals surface area contributed by atoms with Crippen LogP contribution >= 0.6 is 11.6 Å². The van der Waals surface area contributed by atoms with E-state index in [0.717, 1.165) is 6.07 Å². The van der Waals surface area contributed by atoms with Crippen molar-refractivity contribution in [1.82, 2.24) is 16.0 Å². The quantitative estimate of drug-likeness (QED) is 0.508. The molecular formula is C22H28ClF2N3O4. The molecule has 4 N–H and O–H groups in total. The standard InChI is InChI=1S/C22H28ClF2N3O4/c23-15-3-2-14(9-16(15)25)32-12-19(30)27-22-7-5-21(6-8-22,10-18(22)29)28-20(31)17-4-1-13(24)11-26-17/h2-3,9,13,17-18,26,29H,1,4-8,10-12H2,(H,27,30)(H,28,31). The van der Waals surface area contributed by atoms with Gasteiger partial charge >= 0.3 is 0 Å². The first-order valence-corrected chi connectivity index (χ1v) is 11.3. The topological polar surface area (TPSA) is 99.7 Å². The number of fused-ring (bicyclic) bond motifs is 3. The van der Waals surface area contributed by atoms with Crippen LogP contribution in [0, 0.1) is 5.82 Å². The minimum Gasteiger partial charge on any atom is -0.484 e. The van der Waals surface area contributed by atoms with E-state index in [1.807, 2.05) is 0 Å². The molecule has 3 aliphatic carbocycles. The van der Waals surface area contributed by atoms with Crippen LogP contribution in [0.15, 0.2) is 18.2 Å². The van der Waals surface area contributed by atoms with E-state index in [4.69, 9.17) is 16.3 Å². The molecule has 0 radical (unpaired) electrons. The lowest BCUT2D eigenvalue weighted by atomic mass is 9.59. The number of aliphatic hydroxyl groups excluding tert-OH is 1. The van der Waals surface area contributed by atoms with Crippen molar-refractivity contribution in [3.05, 3.63) is 29.0 Å². The van der Waals surface area contributed by atoms with Crippen molar-refractivity contribution >= 4 is 23.4 Å². The number of carbonyl (C=O) groups is 2. The fourth-order valence-corrected chi connectivity index (χ4v) is 5.20. The smallest absolute Gasteiger partial charge is 0.258 e. The molecule has 4 fully saturated rings. The van der Waals surface area contributed by atoms with E-state index in [1.54, 1.807) is 0 Å². The molecule has 4 aliphatic rings. The van der Waals surface area contributed by atoms with E-state index in [0.29, 0.717) is 44.9 Å². The molecule has 3 unspecified atom stereocenters. The third-order valence-electron chi connectivity index (χ3n) is 7.03. The Bertz CT molecular complexity index is 871. The number of rotatable bonds is 6. The first kappa shape index (κ1) is 23.2. The predicted octanol–water partition coefficient (Wildman–Crippen LogP) is 2.00. The Morgan fingerprint density at radius 2 is 1.97 bits per heavy atom. The maximum Gasteiger partial charge on any atom is 0.258 e. The molecule has 32 heavy (non-hydrogen) atoms. The molecule has 176 valence electrons. The summed E-state index contributed by atoms with van der Waals surface area (Å²) < 4.78 is 32.2. The number of halogens is 3. The van der Waals surface area contributed by atoms with E-state index in [2.05, 4.69) is 16.0 Å². The molecule has 10 heteroatoms. The normalized spacial score (nSPS) is 34.1. The summed E-state index contributed by atoms with van der Waals surface area (Å²) in [4.78, 5) is 25.2. The minimum atomic E-state index is -0.921. The molecule has 1 aromatic rings. The summed E-state index contributed by atoms with van der Waals surface area (Å²) in [5.41, 5.74) is -1.29. The van der Waals surface area contributed by atoms with Gasteiger partial charge in [-0.3, -0.25) is 9.59 Å².